The van der Waals surface area contributed by atoms with Crippen molar-refractivity contribution < 1.29 is 18.7 Å². The molecule has 0 aromatic heterocycles. The Labute approximate surface area is 158 Å². The van der Waals surface area contributed by atoms with Crippen molar-refractivity contribution in [3.8, 4) is 0 Å². The van der Waals surface area contributed by atoms with Crippen molar-refractivity contribution in [1.82, 2.24) is 9.80 Å². The van der Waals surface area contributed by atoms with Crippen LogP contribution in [-0.2, 0) is 22.6 Å². The molecule has 0 atom stereocenters. The number of benzene rings is 2. The van der Waals surface area contributed by atoms with Gasteiger partial charge in [0.25, 0.3) is 0 Å². The molecule has 1 aliphatic heterocycles. The van der Waals surface area contributed by atoms with E-state index >= 15 is 0 Å². The molecule has 2 aromatic carbocycles. The topological polar surface area (TPSA) is 49.9 Å². The lowest BCUT2D eigenvalue weighted by Crippen LogP contribution is -2.38. The normalized spacial score (nSPS) is 14.6. The fourth-order valence-electron chi connectivity index (χ4n) is 3.08. The second-order valence-corrected chi connectivity index (χ2v) is 6.53. The largest absolute Gasteiger partial charge is 0.445 e. The van der Waals surface area contributed by atoms with Crippen molar-refractivity contribution in [2.45, 2.75) is 19.4 Å². The lowest BCUT2D eigenvalue weighted by molar-refractivity contribution is -0.130. The van der Waals surface area contributed by atoms with Crippen molar-refractivity contribution in [3.63, 3.8) is 0 Å². The number of hydrogen-bond donors (Lipinski definition) is 0. The molecule has 1 fully saturated rings. The first-order valence-corrected chi connectivity index (χ1v) is 9.10. The number of carbonyl (C=O) groups excluding carboxylic acids is 2. The Balaban J connectivity index is 1.50. The summed E-state index contributed by atoms with van der Waals surface area (Å²) >= 11 is 0. The van der Waals surface area contributed by atoms with Crippen LogP contribution in [0.3, 0.4) is 0 Å². The van der Waals surface area contributed by atoms with Gasteiger partial charge in [-0.15, -0.1) is 0 Å². The van der Waals surface area contributed by atoms with Gasteiger partial charge in [-0.25, -0.2) is 9.18 Å². The molecule has 1 heterocycles. The highest BCUT2D eigenvalue weighted by Gasteiger charge is 2.23. The maximum Gasteiger partial charge on any atom is 0.410 e. The highest BCUT2D eigenvalue weighted by molar-refractivity contribution is 5.79. The van der Waals surface area contributed by atoms with Crippen LogP contribution in [0.2, 0.25) is 0 Å². The predicted molar refractivity (Wildman–Crippen MR) is 99.5 cm³/mol. The molecule has 142 valence electrons. The standard InChI is InChI=1S/C21H23FN2O3/c22-19-10-5-4-9-18(19)15-20(25)23-11-6-12-24(14-13-23)21(26)27-16-17-7-2-1-3-8-17/h1-5,7-10H,6,11-16H2. The molecular formula is C21H23FN2O3. The summed E-state index contributed by atoms with van der Waals surface area (Å²) in [4.78, 5) is 28.1. The van der Waals surface area contributed by atoms with E-state index in [4.69, 9.17) is 4.74 Å². The van der Waals surface area contributed by atoms with Crippen molar-refractivity contribution in [2.75, 3.05) is 26.2 Å². The first-order chi connectivity index (χ1) is 13.1. The van der Waals surface area contributed by atoms with E-state index < -0.39 is 0 Å². The van der Waals surface area contributed by atoms with E-state index in [1.165, 1.54) is 6.07 Å². The Morgan fingerprint density at radius 2 is 1.56 bits per heavy atom. The molecule has 0 saturated carbocycles. The van der Waals surface area contributed by atoms with E-state index in [1.807, 2.05) is 30.3 Å². The second-order valence-electron chi connectivity index (χ2n) is 6.53. The summed E-state index contributed by atoms with van der Waals surface area (Å²) in [6, 6.07) is 15.8. The van der Waals surface area contributed by atoms with Crippen molar-refractivity contribution in [2.24, 2.45) is 0 Å². The fourth-order valence-corrected chi connectivity index (χ4v) is 3.08. The van der Waals surface area contributed by atoms with Crippen molar-refractivity contribution in [1.29, 1.82) is 0 Å². The minimum absolute atomic E-state index is 0.0329. The number of amides is 2. The summed E-state index contributed by atoms with van der Waals surface area (Å²) in [5.41, 5.74) is 1.33. The van der Waals surface area contributed by atoms with Gasteiger partial charge in [0.1, 0.15) is 12.4 Å². The number of hydrogen-bond acceptors (Lipinski definition) is 3. The summed E-state index contributed by atoms with van der Waals surface area (Å²) in [6.07, 6.45) is 0.330. The fraction of sp³-hybridized carbons (Fsp3) is 0.333. The lowest BCUT2D eigenvalue weighted by atomic mass is 10.1. The van der Waals surface area contributed by atoms with Crippen LogP contribution in [0.1, 0.15) is 17.5 Å². The van der Waals surface area contributed by atoms with E-state index in [1.54, 1.807) is 28.0 Å². The van der Waals surface area contributed by atoms with Gasteiger partial charge in [-0.1, -0.05) is 48.5 Å². The van der Waals surface area contributed by atoms with E-state index in [9.17, 15) is 14.0 Å². The minimum atomic E-state index is -0.373. The van der Waals surface area contributed by atoms with E-state index in [2.05, 4.69) is 0 Å². The Morgan fingerprint density at radius 3 is 2.33 bits per heavy atom. The molecule has 1 saturated heterocycles. The summed E-state index contributed by atoms with van der Waals surface area (Å²) in [7, 11) is 0. The number of halogens is 1. The van der Waals surface area contributed by atoms with Crippen LogP contribution in [0.25, 0.3) is 0 Å². The van der Waals surface area contributed by atoms with Crippen LogP contribution in [0, 0.1) is 5.82 Å². The zero-order valence-electron chi connectivity index (χ0n) is 15.1. The molecule has 6 heteroatoms. The number of ether oxygens (including phenoxy) is 1. The summed E-state index contributed by atoms with van der Waals surface area (Å²) in [5.74, 6) is -0.494. The van der Waals surface area contributed by atoms with Gasteiger partial charge in [-0.3, -0.25) is 4.79 Å². The maximum atomic E-state index is 13.7. The van der Waals surface area contributed by atoms with Gasteiger partial charge in [0.05, 0.1) is 6.42 Å². The molecule has 27 heavy (non-hydrogen) atoms. The van der Waals surface area contributed by atoms with Gasteiger partial charge in [-0.2, -0.15) is 0 Å². The van der Waals surface area contributed by atoms with E-state index in [0.29, 0.717) is 38.2 Å². The molecule has 0 spiro atoms. The zero-order valence-corrected chi connectivity index (χ0v) is 15.1. The van der Waals surface area contributed by atoms with Gasteiger partial charge in [0.2, 0.25) is 5.91 Å². The summed E-state index contributed by atoms with van der Waals surface area (Å²) in [5, 5.41) is 0. The first kappa shape index (κ1) is 18.9. The molecule has 0 aliphatic carbocycles. The van der Waals surface area contributed by atoms with Crippen molar-refractivity contribution in [3.05, 3.63) is 71.5 Å². The first-order valence-electron chi connectivity index (χ1n) is 9.10. The minimum Gasteiger partial charge on any atom is -0.445 e. The molecule has 2 amide bonds. The summed E-state index contributed by atoms with van der Waals surface area (Å²) < 4.78 is 19.1. The van der Waals surface area contributed by atoms with Gasteiger partial charge in [0.15, 0.2) is 0 Å². The Bertz CT molecular complexity index is 782. The molecule has 3 rings (SSSR count). The predicted octanol–water partition coefficient (Wildman–Crippen LogP) is 3.24. The Kier molecular flexibility index (Phi) is 6.41. The van der Waals surface area contributed by atoms with E-state index in [0.717, 1.165) is 5.56 Å². The van der Waals surface area contributed by atoms with Crippen LogP contribution in [0.4, 0.5) is 9.18 Å². The third-order valence-corrected chi connectivity index (χ3v) is 4.61. The summed E-state index contributed by atoms with van der Waals surface area (Å²) in [6.45, 7) is 2.16. The van der Waals surface area contributed by atoms with Crippen LogP contribution >= 0.6 is 0 Å². The van der Waals surface area contributed by atoms with Gasteiger partial charge in [0, 0.05) is 26.2 Å². The number of nitrogens with zero attached hydrogens (tertiary/aromatic N) is 2. The molecule has 5 nitrogen and oxygen atoms in total. The molecule has 2 aromatic rings. The third-order valence-electron chi connectivity index (χ3n) is 4.61. The highest BCUT2D eigenvalue weighted by Crippen LogP contribution is 2.12. The lowest BCUT2D eigenvalue weighted by Gasteiger charge is -2.22. The number of rotatable bonds is 4. The van der Waals surface area contributed by atoms with E-state index in [-0.39, 0.29) is 30.8 Å². The quantitative estimate of drug-likeness (QED) is 0.830. The maximum absolute atomic E-state index is 13.7. The van der Waals surface area contributed by atoms with Crippen LogP contribution in [-0.4, -0.2) is 48.0 Å². The third kappa shape index (κ3) is 5.29. The van der Waals surface area contributed by atoms with Gasteiger partial charge >= 0.3 is 6.09 Å². The average molecular weight is 370 g/mol. The monoisotopic (exact) mass is 370 g/mol. The molecule has 0 unspecified atom stereocenters. The molecule has 0 radical (unpaired) electrons. The smallest absolute Gasteiger partial charge is 0.410 e. The van der Waals surface area contributed by atoms with Crippen molar-refractivity contribution >= 4 is 12.0 Å². The molecule has 0 N–H and O–H groups in total. The van der Waals surface area contributed by atoms with Crippen LogP contribution in [0.5, 0.6) is 0 Å². The van der Waals surface area contributed by atoms with Crippen LogP contribution < -0.4 is 0 Å². The Hall–Kier alpha value is -2.89. The Morgan fingerprint density at radius 1 is 0.889 bits per heavy atom. The molecular weight excluding hydrogens is 347 g/mol. The van der Waals surface area contributed by atoms with Gasteiger partial charge in [-0.05, 0) is 23.6 Å². The van der Waals surface area contributed by atoms with Crippen LogP contribution in [0.15, 0.2) is 54.6 Å². The molecule has 0 bridgehead atoms. The SMILES string of the molecule is O=C(Cc1ccccc1F)N1CCCN(C(=O)OCc2ccccc2)CC1. The highest BCUT2D eigenvalue weighted by atomic mass is 19.1. The van der Waals surface area contributed by atoms with Gasteiger partial charge < -0.3 is 14.5 Å². The molecule has 1 aliphatic rings. The number of carbonyl (C=O) groups is 2. The zero-order chi connectivity index (χ0) is 19.1. The second kappa shape index (κ2) is 9.16. The average Bonchev–Trinajstić information content (AvgIpc) is 2.95.